The number of phenolic OH excluding ortho intramolecular Hbond substituents is 4. The lowest BCUT2D eigenvalue weighted by Crippen LogP contribution is -2.13. The molecule has 0 radical (unpaired) electrons. The Morgan fingerprint density at radius 1 is 0.822 bits per heavy atom. The average molecular weight is 615 g/mol. The summed E-state index contributed by atoms with van der Waals surface area (Å²) in [7, 11) is 2.65. The van der Waals surface area contributed by atoms with E-state index in [0.29, 0.717) is 30.1 Å². The topological polar surface area (TPSA) is 176 Å². The zero-order chi connectivity index (χ0) is 32.2. The molecule has 4 aromatic carbocycles. The molecule has 5 rings (SSSR count). The molecule has 1 aromatic heterocycles. The van der Waals surface area contributed by atoms with Crippen LogP contribution >= 0.6 is 0 Å². The Hall–Kier alpha value is -5.84. The second-order valence-electron chi connectivity index (χ2n) is 10.2. The van der Waals surface area contributed by atoms with Gasteiger partial charge in [0, 0.05) is 29.5 Å². The van der Waals surface area contributed by atoms with Crippen molar-refractivity contribution in [3.63, 3.8) is 0 Å². The number of methoxy groups -OCH3 is 2. The van der Waals surface area contributed by atoms with Gasteiger partial charge in [0.05, 0.1) is 27.2 Å². The van der Waals surface area contributed by atoms with Gasteiger partial charge in [-0.3, -0.25) is 9.59 Å². The summed E-state index contributed by atoms with van der Waals surface area (Å²) in [6.07, 6.45) is 0.318. The highest BCUT2D eigenvalue weighted by Gasteiger charge is 2.30. The highest BCUT2D eigenvalue weighted by atomic mass is 16.5. The number of hydrogen-bond acceptors (Lipinski definition) is 11. The number of aromatic hydroxyl groups is 5. The number of benzene rings is 4. The van der Waals surface area contributed by atoms with Crippen LogP contribution in [0.25, 0.3) is 22.3 Å². The maximum atomic E-state index is 13.4. The molecule has 5 N–H and O–H groups in total. The van der Waals surface area contributed by atoms with Crippen molar-refractivity contribution in [3.8, 4) is 51.6 Å². The fourth-order valence-corrected chi connectivity index (χ4v) is 5.12. The van der Waals surface area contributed by atoms with Crippen LogP contribution in [-0.2, 0) is 16.0 Å². The first-order valence-electron chi connectivity index (χ1n) is 13.8. The van der Waals surface area contributed by atoms with Gasteiger partial charge >= 0.3 is 5.97 Å². The second kappa shape index (κ2) is 12.8. The smallest absolute Gasteiger partial charge is 0.306 e. The molecule has 0 fully saturated rings. The largest absolute Gasteiger partial charge is 0.507 e. The predicted molar refractivity (Wildman–Crippen MR) is 163 cm³/mol. The quantitative estimate of drug-likeness (QED) is 0.102. The third-order valence-corrected chi connectivity index (χ3v) is 7.40. The van der Waals surface area contributed by atoms with Crippen molar-refractivity contribution in [3.05, 3.63) is 99.7 Å². The van der Waals surface area contributed by atoms with Crippen molar-refractivity contribution in [1.29, 1.82) is 0 Å². The maximum Gasteiger partial charge on any atom is 0.306 e. The summed E-state index contributed by atoms with van der Waals surface area (Å²) in [5.74, 6) is -4.39. The van der Waals surface area contributed by atoms with Crippen LogP contribution in [0.4, 0.5) is 0 Å². The van der Waals surface area contributed by atoms with E-state index in [1.165, 1.54) is 20.3 Å². The van der Waals surface area contributed by atoms with Crippen molar-refractivity contribution in [2.24, 2.45) is 0 Å². The van der Waals surface area contributed by atoms with E-state index in [9.17, 15) is 35.1 Å². The van der Waals surface area contributed by atoms with Gasteiger partial charge in [-0.15, -0.1) is 0 Å². The number of hydrogen-bond donors (Lipinski definition) is 5. The number of carbonyl (C=O) groups excluding carboxylic acids is 1. The van der Waals surface area contributed by atoms with E-state index in [4.69, 9.17) is 18.6 Å². The average Bonchev–Trinajstić information content (AvgIpc) is 3.03. The lowest BCUT2D eigenvalue weighted by Gasteiger charge is -2.22. The number of ether oxygens (including phenoxy) is 3. The van der Waals surface area contributed by atoms with Gasteiger partial charge in [0.25, 0.3) is 0 Å². The monoisotopic (exact) mass is 614 g/mol. The van der Waals surface area contributed by atoms with Crippen LogP contribution in [0.1, 0.15) is 29.0 Å². The van der Waals surface area contributed by atoms with E-state index in [1.54, 1.807) is 18.2 Å². The summed E-state index contributed by atoms with van der Waals surface area (Å²) in [5, 5.41) is 51.9. The van der Waals surface area contributed by atoms with E-state index >= 15 is 0 Å². The SMILES string of the molecule is COC(=O)C[C@H](c1ccc(OCCc2ccccc2)c(OC)c1)c1c(O)cc(O)c2c(=O)c(O)c(-c3ccc(O)c(O)c3)oc12. The second-order valence-corrected chi connectivity index (χ2v) is 10.2. The van der Waals surface area contributed by atoms with E-state index in [0.717, 1.165) is 23.8 Å². The van der Waals surface area contributed by atoms with Gasteiger partial charge in [0.15, 0.2) is 28.8 Å². The van der Waals surface area contributed by atoms with Crippen LogP contribution in [-0.4, -0.2) is 52.3 Å². The summed E-state index contributed by atoms with van der Waals surface area (Å²) in [6.45, 7) is 0.360. The fourth-order valence-electron chi connectivity index (χ4n) is 5.12. The Morgan fingerprint density at radius 3 is 2.27 bits per heavy atom. The molecule has 1 atom stereocenters. The lowest BCUT2D eigenvalue weighted by atomic mass is 9.86. The first kappa shape index (κ1) is 30.6. The lowest BCUT2D eigenvalue weighted by molar-refractivity contribution is -0.140. The van der Waals surface area contributed by atoms with Crippen LogP contribution in [0, 0.1) is 0 Å². The molecule has 0 aliphatic heterocycles. The minimum absolute atomic E-state index is 0.0128. The molecule has 0 aliphatic rings. The normalized spacial score (nSPS) is 11.7. The summed E-state index contributed by atoms with van der Waals surface area (Å²) in [4.78, 5) is 26.0. The Balaban J connectivity index is 1.65. The van der Waals surface area contributed by atoms with Crippen LogP contribution in [0.3, 0.4) is 0 Å². The minimum atomic E-state index is -1.03. The number of esters is 1. The third kappa shape index (κ3) is 6.14. The molecule has 1 heterocycles. The molecule has 232 valence electrons. The number of phenols is 4. The third-order valence-electron chi connectivity index (χ3n) is 7.40. The standard InChI is InChI=1S/C34H30O11/c1-42-27-15-19(9-11-26(27)44-13-12-18-6-4-3-5-7-18)21(16-28(39)43-2)29-24(37)17-25(38)30-31(40)32(41)33(45-34(29)30)20-8-10-22(35)23(36)14-20/h3-11,14-15,17,21,35-38,41H,12-13,16H2,1-2H3/t21-/m1/s1. The van der Waals surface area contributed by atoms with Crippen molar-refractivity contribution >= 4 is 16.9 Å². The molecule has 11 nitrogen and oxygen atoms in total. The molecule has 0 unspecified atom stereocenters. The Labute approximate surface area is 256 Å². The summed E-state index contributed by atoms with van der Waals surface area (Å²) in [5.41, 5.74) is 0.126. The van der Waals surface area contributed by atoms with Gasteiger partial charge in [0.2, 0.25) is 11.2 Å². The van der Waals surface area contributed by atoms with Gasteiger partial charge in [-0.25, -0.2) is 0 Å². The summed E-state index contributed by atoms with van der Waals surface area (Å²) < 4.78 is 22.4. The Kier molecular flexibility index (Phi) is 8.71. The van der Waals surface area contributed by atoms with E-state index in [-0.39, 0.29) is 23.1 Å². The molecular weight excluding hydrogens is 584 g/mol. The molecule has 11 heteroatoms. The van der Waals surface area contributed by atoms with Crippen LogP contribution < -0.4 is 14.9 Å². The molecular formula is C34H30O11. The van der Waals surface area contributed by atoms with Gasteiger partial charge < -0.3 is 44.2 Å². The maximum absolute atomic E-state index is 13.4. The van der Waals surface area contributed by atoms with Crippen molar-refractivity contribution in [2.75, 3.05) is 20.8 Å². The van der Waals surface area contributed by atoms with Gasteiger partial charge in [-0.05, 0) is 41.5 Å². The van der Waals surface area contributed by atoms with E-state index in [1.807, 2.05) is 30.3 Å². The molecule has 0 saturated heterocycles. The van der Waals surface area contributed by atoms with Crippen molar-refractivity contribution in [2.45, 2.75) is 18.8 Å². The zero-order valence-electron chi connectivity index (χ0n) is 24.3. The molecule has 0 saturated carbocycles. The first-order chi connectivity index (χ1) is 21.6. The summed E-state index contributed by atoms with van der Waals surface area (Å²) in [6, 6.07) is 19.1. The van der Waals surface area contributed by atoms with Gasteiger partial charge in [-0.1, -0.05) is 36.4 Å². The Morgan fingerprint density at radius 2 is 1.58 bits per heavy atom. The molecule has 0 aliphatic carbocycles. The highest BCUT2D eigenvalue weighted by Crippen LogP contribution is 2.46. The van der Waals surface area contributed by atoms with Crippen molar-refractivity contribution in [1.82, 2.24) is 0 Å². The van der Waals surface area contributed by atoms with Crippen LogP contribution in [0.2, 0.25) is 0 Å². The number of carbonyl (C=O) groups is 1. The molecule has 5 aromatic rings. The van der Waals surface area contributed by atoms with Crippen LogP contribution in [0.5, 0.6) is 40.2 Å². The van der Waals surface area contributed by atoms with E-state index < -0.39 is 57.2 Å². The summed E-state index contributed by atoms with van der Waals surface area (Å²) >= 11 is 0. The molecule has 0 spiro atoms. The minimum Gasteiger partial charge on any atom is -0.507 e. The highest BCUT2D eigenvalue weighted by molar-refractivity contribution is 5.92. The van der Waals surface area contributed by atoms with E-state index in [2.05, 4.69) is 0 Å². The fraction of sp³-hybridized carbons (Fsp3) is 0.176. The van der Waals surface area contributed by atoms with Crippen molar-refractivity contribution < 1.29 is 49.0 Å². The van der Waals surface area contributed by atoms with Gasteiger partial charge in [0.1, 0.15) is 22.5 Å². The predicted octanol–water partition coefficient (Wildman–Crippen LogP) is 5.31. The van der Waals surface area contributed by atoms with Gasteiger partial charge in [-0.2, -0.15) is 0 Å². The first-order valence-corrected chi connectivity index (χ1v) is 13.8. The molecule has 45 heavy (non-hydrogen) atoms. The number of fused-ring (bicyclic) bond motifs is 1. The zero-order valence-corrected chi connectivity index (χ0v) is 24.3. The molecule has 0 bridgehead atoms. The molecule has 0 amide bonds. The number of rotatable bonds is 10. The Bertz CT molecular complexity index is 1930. The van der Waals surface area contributed by atoms with Crippen LogP contribution in [0.15, 0.2) is 82.0 Å².